The lowest BCUT2D eigenvalue weighted by atomic mass is 10.2. The lowest BCUT2D eigenvalue weighted by molar-refractivity contribution is -0.145. The number of ether oxygens (including phenoxy) is 6. The van der Waals surface area contributed by atoms with E-state index in [1.807, 2.05) is 0 Å². The SMILES string of the molecule is O=C(N[C@@H](CSC(=O)OCOC(=O)c1ccccc1)C(=O)OCCCCN1CCOCC1)OCOC(=O)c1ccccc1. The van der Waals surface area contributed by atoms with Crippen molar-refractivity contribution in [1.82, 2.24) is 10.2 Å². The average molecular weight is 619 g/mol. The Hall–Kier alpha value is -4.14. The second-order valence-corrected chi connectivity index (χ2v) is 9.95. The van der Waals surface area contributed by atoms with Gasteiger partial charge in [-0.3, -0.25) is 4.90 Å². The van der Waals surface area contributed by atoms with E-state index in [-0.39, 0.29) is 23.5 Å². The summed E-state index contributed by atoms with van der Waals surface area (Å²) in [5, 5.41) is 1.46. The molecule has 14 heteroatoms. The number of unbranched alkanes of at least 4 members (excludes halogenated alkanes) is 1. The first-order chi connectivity index (χ1) is 20.9. The van der Waals surface area contributed by atoms with Crippen LogP contribution in [0.1, 0.15) is 33.6 Å². The van der Waals surface area contributed by atoms with E-state index >= 15 is 0 Å². The van der Waals surface area contributed by atoms with Crippen molar-refractivity contribution in [3.63, 3.8) is 0 Å². The first-order valence-corrected chi connectivity index (χ1v) is 14.5. The van der Waals surface area contributed by atoms with Gasteiger partial charge in [0, 0.05) is 18.8 Å². The molecule has 3 rings (SSSR count). The van der Waals surface area contributed by atoms with Crippen LogP contribution in [-0.4, -0.2) is 99.0 Å². The van der Waals surface area contributed by atoms with Gasteiger partial charge in [0.1, 0.15) is 6.04 Å². The van der Waals surface area contributed by atoms with Crippen molar-refractivity contribution >= 4 is 41.1 Å². The first kappa shape index (κ1) is 33.4. The van der Waals surface area contributed by atoms with Crippen LogP contribution in [0.3, 0.4) is 0 Å². The van der Waals surface area contributed by atoms with Crippen molar-refractivity contribution in [3.8, 4) is 0 Å². The highest BCUT2D eigenvalue weighted by atomic mass is 32.2. The van der Waals surface area contributed by atoms with Gasteiger partial charge in [0.05, 0.1) is 30.9 Å². The molecule has 0 bridgehead atoms. The third-order valence-corrected chi connectivity index (χ3v) is 6.78. The van der Waals surface area contributed by atoms with Crippen molar-refractivity contribution in [2.45, 2.75) is 18.9 Å². The van der Waals surface area contributed by atoms with Crippen molar-refractivity contribution in [3.05, 3.63) is 71.8 Å². The van der Waals surface area contributed by atoms with Crippen molar-refractivity contribution in [1.29, 1.82) is 0 Å². The molecule has 2 aromatic carbocycles. The number of carbonyl (C=O) groups is 5. The zero-order valence-electron chi connectivity index (χ0n) is 23.5. The summed E-state index contributed by atoms with van der Waals surface area (Å²) in [5.74, 6) is -2.43. The van der Waals surface area contributed by atoms with Gasteiger partial charge >= 0.3 is 29.3 Å². The van der Waals surface area contributed by atoms with Gasteiger partial charge in [-0.05, 0) is 55.4 Å². The molecule has 1 aliphatic rings. The van der Waals surface area contributed by atoms with Gasteiger partial charge in [-0.25, -0.2) is 24.0 Å². The van der Waals surface area contributed by atoms with Crippen LogP contribution in [0, 0.1) is 0 Å². The van der Waals surface area contributed by atoms with Crippen molar-refractivity contribution < 1.29 is 52.4 Å². The van der Waals surface area contributed by atoms with E-state index < -0.39 is 48.9 Å². The van der Waals surface area contributed by atoms with Crippen LogP contribution in [0.2, 0.25) is 0 Å². The fourth-order valence-electron chi connectivity index (χ4n) is 3.66. The second-order valence-electron chi connectivity index (χ2n) is 8.99. The number of alkyl carbamates (subject to hydrolysis) is 1. The molecule has 1 heterocycles. The molecule has 1 fully saturated rings. The Kier molecular flexibility index (Phi) is 14.8. The number of benzene rings is 2. The molecule has 0 radical (unpaired) electrons. The Balaban J connectivity index is 1.42. The molecule has 1 amide bonds. The summed E-state index contributed by atoms with van der Waals surface area (Å²) in [6.45, 7) is 2.70. The quantitative estimate of drug-likeness (QED) is 0.134. The number of hydrogen-bond donors (Lipinski definition) is 1. The van der Waals surface area contributed by atoms with Crippen LogP contribution < -0.4 is 5.32 Å². The van der Waals surface area contributed by atoms with Gasteiger partial charge in [-0.1, -0.05) is 36.4 Å². The Morgan fingerprint density at radius 1 is 0.767 bits per heavy atom. The standard InChI is InChI=1S/C29H34N2O11S/c32-25(22-9-3-1-4-10-22)39-20-41-28(35)30-24(27(34)38-16-8-7-13-31-14-17-37-18-15-31)19-43-29(36)42-21-40-26(33)23-11-5-2-6-12-23/h1-6,9-12,24H,7-8,13-21H2,(H,30,35)/t24-/m0/s1. The van der Waals surface area contributed by atoms with Gasteiger partial charge in [0.25, 0.3) is 0 Å². The van der Waals surface area contributed by atoms with Gasteiger partial charge in [-0.2, -0.15) is 0 Å². The van der Waals surface area contributed by atoms with E-state index in [1.54, 1.807) is 48.5 Å². The third-order valence-electron chi connectivity index (χ3n) is 5.93. The summed E-state index contributed by atoms with van der Waals surface area (Å²) < 4.78 is 30.2. The topological polar surface area (TPSA) is 156 Å². The number of carbonyl (C=O) groups excluding carboxylic acids is 5. The van der Waals surface area contributed by atoms with Gasteiger partial charge in [0.2, 0.25) is 13.6 Å². The van der Waals surface area contributed by atoms with E-state index in [1.165, 1.54) is 12.1 Å². The van der Waals surface area contributed by atoms with E-state index in [4.69, 9.17) is 28.4 Å². The molecule has 43 heavy (non-hydrogen) atoms. The maximum absolute atomic E-state index is 12.7. The molecule has 0 saturated carbocycles. The number of esters is 3. The molecular formula is C29H34N2O11S. The highest BCUT2D eigenvalue weighted by Crippen LogP contribution is 2.11. The number of nitrogens with zero attached hydrogens (tertiary/aromatic N) is 1. The highest BCUT2D eigenvalue weighted by Gasteiger charge is 2.25. The molecule has 13 nitrogen and oxygen atoms in total. The van der Waals surface area contributed by atoms with Crippen LogP contribution in [0.25, 0.3) is 0 Å². The molecule has 232 valence electrons. The van der Waals surface area contributed by atoms with Gasteiger partial charge in [0.15, 0.2) is 0 Å². The summed E-state index contributed by atoms with van der Waals surface area (Å²) in [5.41, 5.74) is 0.557. The Labute approximate surface area is 253 Å². The highest BCUT2D eigenvalue weighted by molar-refractivity contribution is 8.13. The largest absolute Gasteiger partial charge is 0.464 e. The van der Waals surface area contributed by atoms with E-state index in [0.717, 1.165) is 26.1 Å². The number of nitrogens with one attached hydrogen (secondary N) is 1. The normalized spacial score (nSPS) is 13.7. The maximum atomic E-state index is 12.7. The molecule has 1 saturated heterocycles. The molecule has 1 N–H and O–H groups in total. The molecule has 1 aliphatic heterocycles. The summed E-state index contributed by atoms with van der Waals surface area (Å²) in [4.78, 5) is 63.5. The summed E-state index contributed by atoms with van der Waals surface area (Å²) in [7, 11) is 0. The summed E-state index contributed by atoms with van der Waals surface area (Å²) >= 11 is 0.563. The minimum absolute atomic E-state index is 0.107. The summed E-state index contributed by atoms with van der Waals surface area (Å²) in [6.07, 6.45) is 0.321. The van der Waals surface area contributed by atoms with Crippen LogP contribution in [0.5, 0.6) is 0 Å². The Morgan fingerprint density at radius 2 is 1.35 bits per heavy atom. The smallest absolute Gasteiger partial charge is 0.410 e. The predicted molar refractivity (Wildman–Crippen MR) is 153 cm³/mol. The maximum Gasteiger partial charge on any atom is 0.410 e. The fraction of sp³-hybridized carbons (Fsp3) is 0.414. The van der Waals surface area contributed by atoms with Gasteiger partial charge in [-0.15, -0.1) is 0 Å². The van der Waals surface area contributed by atoms with Crippen LogP contribution in [0.4, 0.5) is 9.59 Å². The van der Waals surface area contributed by atoms with Crippen LogP contribution in [0.15, 0.2) is 60.7 Å². The minimum atomic E-state index is -1.29. The number of morpholine rings is 1. The van der Waals surface area contributed by atoms with Crippen molar-refractivity contribution in [2.24, 2.45) is 0 Å². The molecule has 0 aliphatic carbocycles. The van der Waals surface area contributed by atoms with E-state index in [9.17, 15) is 24.0 Å². The molecule has 0 aromatic heterocycles. The predicted octanol–water partition coefficient (Wildman–Crippen LogP) is 3.24. The van der Waals surface area contributed by atoms with Crippen LogP contribution >= 0.6 is 11.8 Å². The average Bonchev–Trinajstić information content (AvgIpc) is 3.04. The molecule has 0 spiro atoms. The van der Waals surface area contributed by atoms with Gasteiger partial charge < -0.3 is 33.7 Å². The zero-order chi connectivity index (χ0) is 30.7. The third kappa shape index (κ3) is 13.1. The number of rotatable bonds is 15. The number of hydrogen-bond acceptors (Lipinski definition) is 13. The molecule has 1 atom stereocenters. The summed E-state index contributed by atoms with van der Waals surface area (Å²) in [6, 6.07) is 15.0. The first-order valence-electron chi connectivity index (χ1n) is 13.6. The fourth-order valence-corrected chi connectivity index (χ4v) is 4.32. The Bertz CT molecular complexity index is 1180. The zero-order valence-corrected chi connectivity index (χ0v) is 24.3. The molecule has 2 aromatic rings. The van der Waals surface area contributed by atoms with E-state index in [2.05, 4.69) is 10.2 Å². The number of thioether (sulfide) groups is 1. The number of amides is 1. The van der Waals surface area contributed by atoms with Crippen LogP contribution in [-0.2, 0) is 33.2 Å². The monoisotopic (exact) mass is 618 g/mol. The molecule has 0 unspecified atom stereocenters. The lowest BCUT2D eigenvalue weighted by Gasteiger charge is -2.26. The molecular weight excluding hydrogens is 584 g/mol. The van der Waals surface area contributed by atoms with Crippen molar-refractivity contribution in [2.75, 3.05) is 58.8 Å². The lowest BCUT2D eigenvalue weighted by Crippen LogP contribution is -2.44. The minimum Gasteiger partial charge on any atom is -0.464 e. The van der Waals surface area contributed by atoms with E-state index in [0.29, 0.717) is 31.4 Å². The second kappa shape index (κ2) is 19.1. The Morgan fingerprint density at radius 3 is 1.95 bits per heavy atom.